The zero-order valence-corrected chi connectivity index (χ0v) is 12.3. The summed E-state index contributed by atoms with van der Waals surface area (Å²) >= 11 is 1.63. The Morgan fingerprint density at radius 1 is 1.35 bits per heavy atom. The van der Waals surface area contributed by atoms with E-state index >= 15 is 0 Å². The van der Waals surface area contributed by atoms with E-state index in [1.807, 2.05) is 30.3 Å². The fourth-order valence-electron chi connectivity index (χ4n) is 2.55. The number of para-hydroxylation sites is 1. The summed E-state index contributed by atoms with van der Waals surface area (Å²) in [5, 5.41) is 2.97. The number of hydrogen-bond donors (Lipinski definition) is 1. The Morgan fingerprint density at radius 2 is 2.20 bits per heavy atom. The van der Waals surface area contributed by atoms with Crippen molar-refractivity contribution < 1.29 is 9.53 Å². The van der Waals surface area contributed by atoms with Crippen LogP contribution in [0.15, 0.2) is 30.3 Å². The highest BCUT2D eigenvalue weighted by molar-refractivity contribution is 7.14. The SMILES string of the molecule is COc1ccccc1CNC(=O)c1cc2c(s1)CCC2. The number of rotatable bonds is 4. The molecule has 1 N–H and O–H groups in total. The van der Waals surface area contributed by atoms with Gasteiger partial charge in [0.2, 0.25) is 0 Å². The van der Waals surface area contributed by atoms with Crippen LogP contribution in [0.5, 0.6) is 5.75 Å². The smallest absolute Gasteiger partial charge is 0.261 e. The van der Waals surface area contributed by atoms with Crippen molar-refractivity contribution >= 4 is 17.2 Å². The molecule has 0 saturated heterocycles. The van der Waals surface area contributed by atoms with Crippen molar-refractivity contribution in [1.82, 2.24) is 5.32 Å². The van der Waals surface area contributed by atoms with Crippen molar-refractivity contribution in [2.24, 2.45) is 0 Å². The number of methoxy groups -OCH3 is 1. The Labute approximate surface area is 122 Å². The minimum Gasteiger partial charge on any atom is -0.496 e. The Kier molecular flexibility index (Phi) is 3.74. The molecule has 1 aliphatic carbocycles. The summed E-state index contributed by atoms with van der Waals surface area (Å²) in [5.41, 5.74) is 2.35. The van der Waals surface area contributed by atoms with Crippen LogP contribution < -0.4 is 10.1 Å². The van der Waals surface area contributed by atoms with E-state index in [9.17, 15) is 4.79 Å². The third-order valence-corrected chi connectivity index (χ3v) is 4.84. The number of nitrogens with one attached hydrogen (secondary N) is 1. The lowest BCUT2D eigenvalue weighted by Crippen LogP contribution is -2.22. The van der Waals surface area contributed by atoms with Crippen LogP contribution >= 0.6 is 11.3 Å². The summed E-state index contributed by atoms with van der Waals surface area (Å²) in [5.74, 6) is 0.816. The van der Waals surface area contributed by atoms with Gasteiger partial charge in [-0.3, -0.25) is 4.79 Å². The molecule has 0 aliphatic heterocycles. The molecular formula is C16H17NO2S. The number of benzene rings is 1. The van der Waals surface area contributed by atoms with Gasteiger partial charge >= 0.3 is 0 Å². The van der Waals surface area contributed by atoms with Crippen LogP contribution in [0.2, 0.25) is 0 Å². The normalized spacial score (nSPS) is 13.1. The number of amides is 1. The molecule has 3 rings (SSSR count). The molecule has 1 aliphatic rings. The second kappa shape index (κ2) is 5.67. The molecule has 1 heterocycles. The number of hydrogen-bond acceptors (Lipinski definition) is 3. The van der Waals surface area contributed by atoms with Crippen LogP contribution in [-0.4, -0.2) is 13.0 Å². The Balaban J connectivity index is 1.67. The Bertz CT molecular complexity index is 612. The van der Waals surface area contributed by atoms with Crippen LogP contribution in [0.3, 0.4) is 0 Å². The quantitative estimate of drug-likeness (QED) is 0.938. The topological polar surface area (TPSA) is 38.3 Å². The first kappa shape index (κ1) is 13.2. The van der Waals surface area contributed by atoms with E-state index in [1.165, 1.54) is 16.9 Å². The van der Waals surface area contributed by atoms with Gasteiger partial charge in [0.05, 0.1) is 12.0 Å². The maximum atomic E-state index is 12.2. The van der Waals surface area contributed by atoms with Gasteiger partial charge in [0.25, 0.3) is 5.91 Å². The van der Waals surface area contributed by atoms with E-state index in [1.54, 1.807) is 18.4 Å². The van der Waals surface area contributed by atoms with Crippen molar-refractivity contribution in [3.05, 3.63) is 51.2 Å². The van der Waals surface area contributed by atoms with E-state index in [-0.39, 0.29) is 5.91 Å². The zero-order valence-electron chi connectivity index (χ0n) is 11.4. The van der Waals surface area contributed by atoms with Crippen LogP contribution in [0.25, 0.3) is 0 Å². The lowest BCUT2D eigenvalue weighted by molar-refractivity contribution is 0.0954. The minimum atomic E-state index is 0.00954. The molecule has 1 aromatic heterocycles. The van der Waals surface area contributed by atoms with E-state index < -0.39 is 0 Å². The van der Waals surface area contributed by atoms with E-state index in [0.717, 1.165) is 29.0 Å². The zero-order chi connectivity index (χ0) is 13.9. The van der Waals surface area contributed by atoms with Crippen LogP contribution in [0.1, 0.15) is 32.1 Å². The summed E-state index contributed by atoms with van der Waals surface area (Å²) in [6.45, 7) is 0.491. The first-order valence-electron chi connectivity index (χ1n) is 6.79. The molecule has 104 valence electrons. The summed E-state index contributed by atoms with van der Waals surface area (Å²) in [4.78, 5) is 14.4. The summed E-state index contributed by atoms with van der Waals surface area (Å²) in [6.07, 6.45) is 3.47. The molecule has 4 heteroatoms. The van der Waals surface area contributed by atoms with Gasteiger partial charge in [-0.25, -0.2) is 0 Å². The maximum absolute atomic E-state index is 12.2. The maximum Gasteiger partial charge on any atom is 0.261 e. The highest BCUT2D eigenvalue weighted by Crippen LogP contribution is 2.30. The van der Waals surface area contributed by atoms with Gasteiger partial charge in [0, 0.05) is 17.0 Å². The fraction of sp³-hybridized carbons (Fsp3) is 0.312. The standard InChI is InChI=1S/C16H17NO2S/c1-19-13-7-3-2-5-12(13)10-17-16(18)15-9-11-6-4-8-14(11)20-15/h2-3,5,7,9H,4,6,8,10H2,1H3,(H,17,18). The number of fused-ring (bicyclic) bond motifs is 1. The number of thiophene rings is 1. The van der Waals surface area contributed by atoms with Crippen molar-refractivity contribution in [3.8, 4) is 5.75 Å². The predicted molar refractivity (Wildman–Crippen MR) is 80.5 cm³/mol. The Morgan fingerprint density at radius 3 is 3.00 bits per heavy atom. The van der Waals surface area contributed by atoms with Gasteiger partial charge in [-0.2, -0.15) is 0 Å². The van der Waals surface area contributed by atoms with Crippen LogP contribution in [-0.2, 0) is 19.4 Å². The number of carbonyl (C=O) groups excluding carboxylic acids is 1. The first-order valence-corrected chi connectivity index (χ1v) is 7.61. The molecule has 0 unspecified atom stereocenters. The average molecular weight is 287 g/mol. The molecule has 0 atom stereocenters. The molecule has 0 spiro atoms. The van der Waals surface area contributed by atoms with Crippen LogP contribution in [0.4, 0.5) is 0 Å². The third kappa shape index (κ3) is 2.56. The lowest BCUT2D eigenvalue weighted by Gasteiger charge is -2.08. The molecular weight excluding hydrogens is 270 g/mol. The summed E-state index contributed by atoms with van der Waals surface area (Å²) < 4.78 is 5.28. The average Bonchev–Trinajstić information content (AvgIpc) is 3.06. The number of carbonyl (C=O) groups is 1. The molecule has 1 aromatic carbocycles. The van der Waals surface area contributed by atoms with Crippen LogP contribution in [0, 0.1) is 0 Å². The van der Waals surface area contributed by atoms with Gasteiger partial charge in [0.1, 0.15) is 5.75 Å². The lowest BCUT2D eigenvalue weighted by atomic mass is 10.2. The molecule has 3 nitrogen and oxygen atoms in total. The minimum absolute atomic E-state index is 0.00954. The Hall–Kier alpha value is -1.81. The highest BCUT2D eigenvalue weighted by Gasteiger charge is 2.18. The molecule has 0 bridgehead atoms. The largest absolute Gasteiger partial charge is 0.496 e. The van der Waals surface area contributed by atoms with Gasteiger partial charge in [0.15, 0.2) is 0 Å². The summed E-state index contributed by atoms with van der Waals surface area (Å²) in [6, 6.07) is 9.79. The van der Waals surface area contributed by atoms with Crippen molar-refractivity contribution in [2.45, 2.75) is 25.8 Å². The van der Waals surface area contributed by atoms with Crippen molar-refractivity contribution in [2.75, 3.05) is 7.11 Å². The van der Waals surface area contributed by atoms with Gasteiger partial charge in [-0.15, -0.1) is 11.3 Å². The van der Waals surface area contributed by atoms with E-state index in [0.29, 0.717) is 6.54 Å². The van der Waals surface area contributed by atoms with Crippen molar-refractivity contribution in [3.63, 3.8) is 0 Å². The summed E-state index contributed by atoms with van der Waals surface area (Å²) in [7, 11) is 1.64. The van der Waals surface area contributed by atoms with E-state index in [2.05, 4.69) is 5.32 Å². The van der Waals surface area contributed by atoms with Gasteiger partial charge < -0.3 is 10.1 Å². The molecule has 0 fully saturated rings. The number of aryl methyl sites for hydroxylation is 2. The van der Waals surface area contributed by atoms with Gasteiger partial charge in [-0.05, 0) is 37.0 Å². The van der Waals surface area contributed by atoms with Gasteiger partial charge in [-0.1, -0.05) is 18.2 Å². The second-order valence-corrected chi connectivity index (χ2v) is 6.04. The molecule has 2 aromatic rings. The molecule has 0 saturated carbocycles. The highest BCUT2D eigenvalue weighted by atomic mass is 32.1. The first-order chi connectivity index (χ1) is 9.78. The molecule has 1 amide bonds. The second-order valence-electron chi connectivity index (χ2n) is 4.91. The third-order valence-electron chi connectivity index (χ3n) is 3.60. The predicted octanol–water partition coefficient (Wildman–Crippen LogP) is 3.18. The van der Waals surface area contributed by atoms with E-state index in [4.69, 9.17) is 4.74 Å². The molecule has 0 radical (unpaired) electrons. The fourth-order valence-corrected chi connectivity index (χ4v) is 3.72. The monoisotopic (exact) mass is 287 g/mol. The molecule has 20 heavy (non-hydrogen) atoms. The number of ether oxygens (including phenoxy) is 1. The van der Waals surface area contributed by atoms with Crippen molar-refractivity contribution in [1.29, 1.82) is 0 Å².